The third-order valence-electron chi connectivity index (χ3n) is 3.89. The summed E-state index contributed by atoms with van der Waals surface area (Å²) >= 11 is 0. The zero-order chi connectivity index (χ0) is 16.0. The lowest BCUT2D eigenvalue weighted by Crippen LogP contribution is -2.16. The Bertz CT molecular complexity index is 202. The van der Waals surface area contributed by atoms with Crippen LogP contribution in [-0.4, -0.2) is 0 Å². The Balaban J connectivity index is 0. The highest BCUT2D eigenvalue weighted by atomic mass is 14.2. The molecule has 1 aliphatic carbocycles. The van der Waals surface area contributed by atoms with E-state index in [0.717, 1.165) is 17.8 Å². The van der Waals surface area contributed by atoms with Crippen LogP contribution in [0.5, 0.6) is 0 Å². The maximum absolute atomic E-state index is 2.34. The molecule has 0 bridgehead atoms. The first kappa shape index (κ1) is 22.0. The van der Waals surface area contributed by atoms with Gasteiger partial charge in [-0.3, -0.25) is 0 Å². The van der Waals surface area contributed by atoms with Crippen molar-refractivity contribution in [2.24, 2.45) is 17.8 Å². The maximum atomic E-state index is 2.34. The van der Waals surface area contributed by atoms with Crippen LogP contribution in [0.2, 0.25) is 0 Å². The molecule has 0 aromatic heterocycles. The van der Waals surface area contributed by atoms with Gasteiger partial charge in [-0.1, -0.05) is 73.0 Å². The predicted octanol–water partition coefficient (Wildman–Crippen LogP) is 7.64. The smallest absolute Gasteiger partial charge is 0.0321 e. The van der Waals surface area contributed by atoms with Crippen molar-refractivity contribution >= 4 is 0 Å². The van der Waals surface area contributed by atoms with Gasteiger partial charge in [-0.15, -0.1) is 0 Å². The summed E-state index contributed by atoms with van der Waals surface area (Å²) < 4.78 is 0. The largest absolute Gasteiger partial charge is 0.0859 e. The van der Waals surface area contributed by atoms with Gasteiger partial charge in [0.25, 0.3) is 0 Å². The lowest BCUT2D eigenvalue weighted by atomic mass is 9.78. The van der Waals surface area contributed by atoms with Crippen molar-refractivity contribution in [3.63, 3.8) is 0 Å². The van der Waals surface area contributed by atoms with Gasteiger partial charge in [-0.2, -0.15) is 0 Å². The Kier molecular flexibility index (Phi) is 16.7. The molecule has 1 saturated carbocycles. The van der Waals surface area contributed by atoms with Crippen LogP contribution in [0.25, 0.3) is 0 Å². The Morgan fingerprint density at radius 3 is 1.75 bits per heavy atom. The normalized spacial score (nSPS) is 22.7. The second-order valence-electron chi connectivity index (χ2n) is 6.90. The molecule has 1 aliphatic rings. The highest BCUT2D eigenvalue weighted by Gasteiger charge is 2.19. The quantitative estimate of drug-likeness (QED) is 0.454. The molecule has 0 heteroatoms. The van der Waals surface area contributed by atoms with Gasteiger partial charge in [-0.25, -0.2) is 0 Å². The van der Waals surface area contributed by atoms with Gasteiger partial charge in [-0.05, 0) is 56.8 Å². The van der Waals surface area contributed by atoms with E-state index in [4.69, 9.17) is 0 Å². The Morgan fingerprint density at radius 1 is 1.05 bits per heavy atom. The SMILES string of the molecule is CC/C=C(\C)CCC(C)CC.CC1CC(C)C1.CCC. The Labute approximate surface area is 130 Å². The van der Waals surface area contributed by atoms with Crippen molar-refractivity contribution in [2.75, 3.05) is 0 Å². The highest BCUT2D eigenvalue weighted by molar-refractivity contribution is 4.97. The summed E-state index contributed by atoms with van der Waals surface area (Å²) in [4.78, 5) is 0. The van der Waals surface area contributed by atoms with Crippen LogP contribution < -0.4 is 0 Å². The average Bonchev–Trinajstić information content (AvgIpc) is 2.36. The lowest BCUT2D eigenvalue weighted by Gasteiger charge is -2.28. The second kappa shape index (κ2) is 15.1. The topological polar surface area (TPSA) is 0 Å². The fourth-order valence-electron chi connectivity index (χ4n) is 2.43. The van der Waals surface area contributed by atoms with Crippen molar-refractivity contribution in [3.05, 3.63) is 11.6 Å². The monoisotopic (exact) mass is 282 g/mol. The van der Waals surface area contributed by atoms with E-state index in [0.29, 0.717) is 0 Å². The maximum Gasteiger partial charge on any atom is -0.0321 e. The van der Waals surface area contributed by atoms with Gasteiger partial charge >= 0.3 is 0 Å². The number of allylic oxidation sites excluding steroid dienone is 2. The van der Waals surface area contributed by atoms with Crippen LogP contribution in [0.3, 0.4) is 0 Å². The van der Waals surface area contributed by atoms with Gasteiger partial charge < -0.3 is 0 Å². The first-order valence-corrected chi connectivity index (χ1v) is 9.06. The molecule has 1 fully saturated rings. The molecule has 1 unspecified atom stereocenters. The zero-order valence-electron chi connectivity index (χ0n) is 15.8. The van der Waals surface area contributed by atoms with Crippen molar-refractivity contribution in [1.82, 2.24) is 0 Å². The molecule has 0 spiro atoms. The molecule has 0 aromatic rings. The van der Waals surface area contributed by atoms with Crippen LogP contribution >= 0.6 is 0 Å². The molecular weight excluding hydrogens is 240 g/mol. The van der Waals surface area contributed by atoms with E-state index in [-0.39, 0.29) is 0 Å². The van der Waals surface area contributed by atoms with Crippen LogP contribution in [0.1, 0.15) is 100 Å². The second-order valence-corrected chi connectivity index (χ2v) is 6.90. The summed E-state index contributed by atoms with van der Waals surface area (Å²) in [5, 5.41) is 0. The van der Waals surface area contributed by atoms with Crippen LogP contribution in [0, 0.1) is 17.8 Å². The summed E-state index contributed by atoms with van der Waals surface area (Å²) in [6, 6.07) is 0. The van der Waals surface area contributed by atoms with Crippen LogP contribution in [-0.2, 0) is 0 Å². The molecule has 0 aliphatic heterocycles. The average molecular weight is 283 g/mol. The minimum absolute atomic E-state index is 0.898. The van der Waals surface area contributed by atoms with Gasteiger partial charge in [0.1, 0.15) is 0 Å². The minimum Gasteiger partial charge on any atom is -0.0859 e. The predicted molar refractivity (Wildman–Crippen MR) is 96.3 cm³/mol. The molecule has 0 nitrogen and oxygen atoms in total. The van der Waals surface area contributed by atoms with Crippen LogP contribution in [0.4, 0.5) is 0 Å². The van der Waals surface area contributed by atoms with Crippen molar-refractivity contribution in [2.45, 2.75) is 100 Å². The van der Waals surface area contributed by atoms with Gasteiger partial charge in [0.05, 0.1) is 0 Å². The molecule has 0 amide bonds. The lowest BCUT2D eigenvalue weighted by molar-refractivity contribution is 0.233. The van der Waals surface area contributed by atoms with E-state index in [2.05, 4.69) is 61.5 Å². The fourth-order valence-corrected chi connectivity index (χ4v) is 2.43. The molecular formula is C20H42. The molecule has 0 saturated heterocycles. The summed E-state index contributed by atoms with van der Waals surface area (Å²) in [7, 11) is 0. The molecule has 1 atom stereocenters. The van der Waals surface area contributed by atoms with Crippen molar-refractivity contribution < 1.29 is 0 Å². The van der Waals surface area contributed by atoms with E-state index < -0.39 is 0 Å². The molecule has 122 valence electrons. The van der Waals surface area contributed by atoms with E-state index >= 15 is 0 Å². The van der Waals surface area contributed by atoms with Gasteiger partial charge in [0.2, 0.25) is 0 Å². The van der Waals surface area contributed by atoms with E-state index in [1.165, 1.54) is 44.9 Å². The van der Waals surface area contributed by atoms with Gasteiger partial charge in [0, 0.05) is 0 Å². The summed E-state index contributed by atoms with van der Waals surface area (Å²) in [6.45, 7) is 17.9. The molecule has 0 N–H and O–H groups in total. The Morgan fingerprint density at radius 2 is 1.50 bits per heavy atom. The third-order valence-corrected chi connectivity index (χ3v) is 3.89. The number of rotatable bonds is 5. The molecule has 0 aromatic carbocycles. The van der Waals surface area contributed by atoms with E-state index in [1.54, 1.807) is 5.57 Å². The van der Waals surface area contributed by atoms with Crippen LogP contribution in [0.15, 0.2) is 11.6 Å². The highest BCUT2D eigenvalue weighted by Crippen LogP contribution is 2.31. The Hall–Kier alpha value is -0.260. The molecule has 0 radical (unpaired) electrons. The first-order valence-electron chi connectivity index (χ1n) is 9.06. The van der Waals surface area contributed by atoms with Crippen molar-refractivity contribution in [1.29, 1.82) is 0 Å². The van der Waals surface area contributed by atoms with Crippen molar-refractivity contribution in [3.8, 4) is 0 Å². The summed E-state index contributed by atoms with van der Waals surface area (Å²) in [5.74, 6) is 2.98. The molecule has 1 rings (SSSR count). The number of hydrogen-bond acceptors (Lipinski definition) is 0. The number of hydrogen-bond donors (Lipinski definition) is 0. The standard InChI is InChI=1S/C11H22.C6H12.C3H8/c1-5-7-11(4)9-8-10(3)6-2;1-5-3-6(2)4-5;1-3-2/h7,10H,5-6,8-9H2,1-4H3;5-6H,3-4H2,1-2H3;3H2,1-2H3/b11-7+;;. The minimum atomic E-state index is 0.898. The summed E-state index contributed by atoms with van der Waals surface area (Å²) in [5.41, 5.74) is 1.56. The first-order chi connectivity index (χ1) is 9.40. The summed E-state index contributed by atoms with van der Waals surface area (Å²) in [6.07, 6.45) is 11.7. The molecule has 0 heterocycles. The van der Waals surface area contributed by atoms with E-state index in [1.807, 2.05) is 0 Å². The van der Waals surface area contributed by atoms with E-state index in [9.17, 15) is 0 Å². The third kappa shape index (κ3) is 15.8. The van der Waals surface area contributed by atoms with Gasteiger partial charge in [0.15, 0.2) is 0 Å². The zero-order valence-corrected chi connectivity index (χ0v) is 15.8. The fraction of sp³-hybridized carbons (Fsp3) is 0.900. The molecule has 20 heavy (non-hydrogen) atoms.